The molecular formula is C18H21N3O3. The molecule has 6 nitrogen and oxygen atoms in total. The van der Waals surface area contributed by atoms with Crippen LogP contribution >= 0.6 is 0 Å². The topological polar surface area (TPSA) is 78.5 Å². The lowest BCUT2D eigenvalue weighted by Gasteiger charge is -2.29. The Morgan fingerprint density at radius 2 is 1.96 bits per heavy atom. The Labute approximate surface area is 140 Å². The van der Waals surface area contributed by atoms with Gasteiger partial charge in [0.1, 0.15) is 6.04 Å². The van der Waals surface area contributed by atoms with Crippen LogP contribution in [0.4, 0.5) is 0 Å². The van der Waals surface area contributed by atoms with Crippen molar-refractivity contribution in [3.8, 4) is 0 Å². The van der Waals surface area contributed by atoms with Crippen molar-refractivity contribution in [2.45, 2.75) is 50.7 Å². The number of piperidine rings is 2. The molecule has 3 aliphatic rings. The maximum Gasteiger partial charge on any atom is 0.255 e. The Hall–Kier alpha value is -2.21. The van der Waals surface area contributed by atoms with Gasteiger partial charge in [-0.15, -0.1) is 0 Å². The van der Waals surface area contributed by atoms with Crippen molar-refractivity contribution in [3.05, 3.63) is 34.9 Å². The highest BCUT2D eigenvalue weighted by atomic mass is 16.2. The van der Waals surface area contributed by atoms with Gasteiger partial charge in [0.15, 0.2) is 0 Å². The van der Waals surface area contributed by atoms with Crippen LogP contribution in [0.3, 0.4) is 0 Å². The van der Waals surface area contributed by atoms with Crippen molar-refractivity contribution in [3.63, 3.8) is 0 Å². The van der Waals surface area contributed by atoms with Gasteiger partial charge in [0.25, 0.3) is 5.91 Å². The van der Waals surface area contributed by atoms with Crippen LogP contribution in [0.5, 0.6) is 0 Å². The van der Waals surface area contributed by atoms with Crippen molar-refractivity contribution < 1.29 is 14.4 Å². The number of benzene rings is 1. The largest absolute Gasteiger partial charge is 0.322 e. The van der Waals surface area contributed by atoms with Crippen LogP contribution in [0.15, 0.2) is 18.2 Å². The molecule has 0 saturated carbocycles. The minimum atomic E-state index is -0.543. The van der Waals surface area contributed by atoms with E-state index in [1.807, 2.05) is 12.1 Å². The number of carbonyl (C=O) groups excluding carboxylic acids is 3. The third kappa shape index (κ3) is 2.60. The summed E-state index contributed by atoms with van der Waals surface area (Å²) in [5.41, 5.74) is 2.88. The lowest BCUT2D eigenvalue weighted by molar-refractivity contribution is -0.136. The Bertz CT molecular complexity index is 709. The van der Waals surface area contributed by atoms with Crippen molar-refractivity contribution in [1.82, 2.24) is 15.5 Å². The average molecular weight is 327 g/mol. The first-order valence-corrected chi connectivity index (χ1v) is 8.64. The molecule has 4 rings (SSSR count). The standard InChI is InChI=1S/C18H21N3O3/c22-16-7-6-15(17(23)20-16)21-10-12-9-11(4-5-13(12)18(21)24)14-3-1-2-8-19-14/h4-5,9,14-15,19H,1-3,6-8,10H2,(H,20,22,23)/t14-,15?/m1/s1. The summed E-state index contributed by atoms with van der Waals surface area (Å²) < 4.78 is 0. The summed E-state index contributed by atoms with van der Waals surface area (Å²) >= 11 is 0. The Balaban J connectivity index is 1.55. The Kier molecular flexibility index (Phi) is 3.84. The van der Waals surface area contributed by atoms with Crippen molar-refractivity contribution in [1.29, 1.82) is 0 Å². The van der Waals surface area contributed by atoms with Crippen LogP contribution in [-0.4, -0.2) is 35.2 Å². The van der Waals surface area contributed by atoms with Crippen LogP contribution in [0, 0.1) is 0 Å². The number of amides is 3. The normalized spacial score (nSPS) is 27.2. The summed E-state index contributed by atoms with van der Waals surface area (Å²) in [4.78, 5) is 37.6. The van der Waals surface area contributed by atoms with Crippen molar-refractivity contribution in [2.75, 3.05) is 6.54 Å². The van der Waals surface area contributed by atoms with E-state index in [-0.39, 0.29) is 24.1 Å². The molecule has 2 N–H and O–H groups in total. The van der Waals surface area contributed by atoms with Gasteiger partial charge in [-0.25, -0.2) is 0 Å². The molecule has 3 heterocycles. The SMILES string of the molecule is O=C1CCC(N2Cc3cc([C@H]4CCCCN4)ccc3C2=O)C(=O)N1. The minimum absolute atomic E-state index is 0.109. The summed E-state index contributed by atoms with van der Waals surface area (Å²) in [7, 11) is 0. The number of hydrogen-bond donors (Lipinski definition) is 2. The second kappa shape index (κ2) is 6.02. The molecule has 3 aliphatic heterocycles. The van der Waals surface area contributed by atoms with Gasteiger partial charge in [-0.2, -0.15) is 0 Å². The molecule has 126 valence electrons. The van der Waals surface area contributed by atoms with Gasteiger partial charge >= 0.3 is 0 Å². The highest BCUT2D eigenvalue weighted by Crippen LogP contribution is 2.31. The predicted molar refractivity (Wildman–Crippen MR) is 87.1 cm³/mol. The monoisotopic (exact) mass is 327 g/mol. The van der Waals surface area contributed by atoms with Gasteiger partial charge in [0.2, 0.25) is 11.8 Å². The molecule has 1 aromatic rings. The quantitative estimate of drug-likeness (QED) is 0.802. The number of imide groups is 1. The van der Waals surface area contributed by atoms with Gasteiger partial charge in [0.05, 0.1) is 0 Å². The number of hydrogen-bond acceptors (Lipinski definition) is 4. The maximum atomic E-state index is 12.7. The van der Waals surface area contributed by atoms with E-state index in [4.69, 9.17) is 0 Å². The molecule has 3 amide bonds. The molecule has 24 heavy (non-hydrogen) atoms. The second-order valence-corrected chi connectivity index (χ2v) is 6.82. The number of nitrogens with one attached hydrogen (secondary N) is 2. The van der Waals surface area contributed by atoms with E-state index in [0.29, 0.717) is 24.6 Å². The lowest BCUT2D eigenvalue weighted by atomic mass is 9.95. The highest BCUT2D eigenvalue weighted by Gasteiger charge is 2.39. The summed E-state index contributed by atoms with van der Waals surface area (Å²) in [5, 5.41) is 5.86. The zero-order valence-corrected chi connectivity index (χ0v) is 13.5. The predicted octanol–water partition coefficient (Wildman–Crippen LogP) is 1.26. The third-order valence-corrected chi connectivity index (χ3v) is 5.26. The smallest absolute Gasteiger partial charge is 0.255 e. The number of nitrogens with zero attached hydrogens (tertiary/aromatic N) is 1. The fourth-order valence-electron chi connectivity index (χ4n) is 3.95. The molecule has 1 aromatic carbocycles. The van der Waals surface area contributed by atoms with Gasteiger partial charge < -0.3 is 10.2 Å². The van der Waals surface area contributed by atoms with Crippen molar-refractivity contribution >= 4 is 17.7 Å². The van der Waals surface area contributed by atoms with Crippen LogP contribution in [0.25, 0.3) is 0 Å². The average Bonchev–Trinajstić information content (AvgIpc) is 2.92. The van der Waals surface area contributed by atoms with E-state index in [9.17, 15) is 14.4 Å². The summed E-state index contributed by atoms with van der Waals surface area (Å²) in [6.45, 7) is 1.48. The van der Waals surface area contributed by atoms with Gasteiger partial charge in [-0.1, -0.05) is 18.6 Å². The van der Waals surface area contributed by atoms with E-state index in [1.165, 1.54) is 18.4 Å². The number of rotatable bonds is 2. The van der Waals surface area contributed by atoms with E-state index < -0.39 is 6.04 Å². The fourth-order valence-corrected chi connectivity index (χ4v) is 3.95. The molecule has 1 unspecified atom stereocenters. The minimum Gasteiger partial charge on any atom is -0.322 e. The van der Waals surface area contributed by atoms with Crippen LogP contribution in [0.2, 0.25) is 0 Å². The zero-order chi connectivity index (χ0) is 16.7. The summed E-state index contributed by atoms with van der Waals surface area (Å²) in [6, 6.07) is 5.81. The van der Waals surface area contributed by atoms with Crippen LogP contribution < -0.4 is 10.6 Å². The van der Waals surface area contributed by atoms with Gasteiger partial charge in [-0.05, 0) is 43.0 Å². The van der Waals surface area contributed by atoms with Crippen LogP contribution in [0.1, 0.15) is 59.6 Å². The van der Waals surface area contributed by atoms with E-state index >= 15 is 0 Å². The first-order chi connectivity index (χ1) is 11.6. The molecule has 0 spiro atoms. The second-order valence-electron chi connectivity index (χ2n) is 6.82. The van der Waals surface area contributed by atoms with E-state index in [2.05, 4.69) is 16.7 Å². The Morgan fingerprint density at radius 1 is 1.08 bits per heavy atom. The highest BCUT2D eigenvalue weighted by molar-refractivity contribution is 6.05. The molecule has 2 atom stereocenters. The molecule has 0 radical (unpaired) electrons. The Morgan fingerprint density at radius 3 is 2.71 bits per heavy atom. The summed E-state index contributed by atoms with van der Waals surface area (Å²) in [6.07, 6.45) is 4.23. The molecule has 2 saturated heterocycles. The van der Waals surface area contributed by atoms with E-state index in [1.54, 1.807) is 4.90 Å². The van der Waals surface area contributed by atoms with Gasteiger partial charge in [0, 0.05) is 24.6 Å². The summed E-state index contributed by atoms with van der Waals surface area (Å²) in [5.74, 6) is -0.727. The molecule has 0 bridgehead atoms. The molecule has 2 fully saturated rings. The van der Waals surface area contributed by atoms with Crippen LogP contribution in [-0.2, 0) is 16.1 Å². The molecule has 0 aliphatic carbocycles. The lowest BCUT2D eigenvalue weighted by Crippen LogP contribution is -2.52. The fraction of sp³-hybridized carbons (Fsp3) is 0.500. The van der Waals surface area contributed by atoms with Crippen molar-refractivity contribution in [2.24, 2.45) is 0 Å². The molecule has 0 aromatic heterocycles. The number of carbonyl (C=O) groups is 3. The number of fused-ring (bicyclic) bond motifs is 1. The third-order valence-electron chi connectivity index (χ3n) is 5.26. The molecular weight excluding hydrogens is 306 g/mol. The molecule has 6 heteroatoms. The first kappa shape index (κ1) is 15.3. The van der Waals surface area contributed by atoms with Gasteiger partial charge in [-0.3, -0.25) is 19.7 Å². The maximum absolute atomic E-state index is 12.7. The first-order valence-electron chi connectivity index (χ1n) is 8.64. The zero-order valence-electron chi connectivity index (χ0n) is 13.5. The van der Waals surface area contributed by atoms with E-state index in [0.717, 1.165) is 18.5 Å².